The molecule has 7 nitrogen and oxygen atoms in total. The van der Waals surface area contributed by atoms with Crippen LogP contribution >= 0.6 is 0 Å². The van der Waals surface area contributed by atoms with E-state index in [2.05, 4.69) is 15.8 Å². The van der Waals surface area contributed by atoms with Crippen molar-refractivity contribution >= 4 is 11.7 Å². The average molecular weight is 280 g/mol. The van der Waals surface area contributed by atoms with Crippen molar-refractivity contribution in [2.45, 2.75) is 19.5 Å². The predicted octanol–water partition coefficient (Wildman–Crippen LogP) is 0.0138. The molecule has 7 heteroatoms. The van der Waals surface area contributed by atoms with Crippen molar-refractivity contribution in [2.24, 2.45) is 10.9 Å². The molecule has 0 aliphatic rings. The van der Waals surface area contributed by atoms with Crippen LogP contribution in [0.25, 0.3) is 0 Å². The molecule has 110 valence electrons. The van der Waals surface area contributed by atoms with Crippen molar-refractivity contribution in [3.63, 3.8) is 0 Å². The lowest BCUT2D eigenvalue weighted by Crippen LogP contribution is -2.40. The Kier molecular flexibility index (Phi) is 5.79. The Hall–Kier alpha value is -2.28. The molecule has 0 aliphatic carbocycles. The van der Waals surface area contributed by atoms with E-state index in [1.807, 2.05) is 6.07 Å². The van der Waals surface area contributed by atoms with Gasteiger partial charge in [-0.25, -0.2) is 0 Å². The lowest BCUT2D eigenvalue weighted by molar-refractivity contribution is -0.122. The van der Waals surface area contributed by atoms with Gasteiger partial charge in [-0.1, -0.05) is 11.2 Å². The first-order valence-electron chi connectivity index (χ1n) is 6.13. The molecule has 0 radical (unpaired) electrons. The zero-order valence-corrected chi connectivity index (χ0v) is 11.8. The Balaban J connectivity index is 2.85. The second-order valence-electron chi connectivity index (χ2n) is 4.24. The third kappa shape index (κ3) is 3.86. The number of carbonyl (C=O) groups is 1. The number of methoxy groups -OCH3 is 1. The van der Waals surface area contributed by atoms with Crippen molar-refractivity contribution < 1.29 is 14.7 Å². The Labute approximate surface area is 117 Å². The summed E-state index contributed by atoms with van der Waals surface area (Å²) >= 11 is 0. The van der Waals surface area contributed by atoms with Gasteiger partial charge in [0.1, 0.15) is 5.75 Å². The van der Waals surface area contributed by atoms with Crippen LogP contribution in [0.2, 0.25) is 0 Å². The molecule has 0 saturated carbocycles. The number of rotatable bonds is 6. The molecular formula is C13H20N4O3. The highest BCUT2D eigenvalue weighted by molar-refractivity contribution is 5.99. The summed E-state index contributed by atoms with van der Waals surface area (Å²) in [5, 5.41) is 17.4. The average Bonchev–Trinajstić information content (AvgIpc) is 2.50. The summed E-state index contributed by atoms with van der Waals surface area (Å²) in [6, 6.07) is 5.01. The Bertz CT molecular complexity index is 502. The first kappa shape index (κ1) is 15.8. The van der Waals surface area contributed by atoms with Crippen molar-refractivity contribution in [1.82, 2.24) is 10.6 Å². The SMILES string of the molecule is CNC(=O)C(C)NCc1ccc(OC)c(C(N)=NO)c1. The zero-order valence-electron chi connectivity index (χ0n) is 11.8. The van der Waals surface area contributed by atoms with Gasteiger partial charge in [0.25, 0.3) is 0 Å². The van der Waals surface area contributed by atoms with Crippen molar-refractivity contribution in [2.75, 3.05) is 14.2 Å². The third-order valence-electron chi connectivity index (χ3n) is 2.90. The molecule has 0 spiro atoms. The highest BCUT2D eigenvalue weighted by atomic mass is 16.5. The minimum atomic E-state index is -0.311. The highest BCUT2D eigenvalue weighted by Gasteiger charge is 2.12. The zero-order chi connectivity index (χ0) is 15.1. The number of amidine groups is 1. The smallest absolute Gasteiger partial charge is 0.236 e. The van der Waals surface area contributed by atoms with Gasteiger partial charge in [-0.05, 0) is 24.6 Å². The van der Waals surface area contributed by atoms with Gasteiger partial charge in [-0.3, -0.25) is 4.79 Å². The molecule has 1 aromatic rings. The standard InChI is InChI=1S/C13H20N4O3/c1-8(13(18)15-2)16-7-9-4-5-11(20-3)10(6-9)12(14)17-19/h4-6,8,16,19H,7H2,1-3H3,(H2,14,17)(H,15,18). The first-order chi connectivity index (χ1) is 9.53. The molecule has 0 bridgehead atoms. The minimum absolute atomic E-state index is 0.0250. The van der Waals surface area contributed by atoms with Gasteiger partial charge in [0, 0.05) is 13.6 Å². The Morgan fingerprint density at radius 1 is 1.55 bits per heavy atom. The van der Waals surface area contributed by atoms with Crippen LogP contribution < -0.4 is 21.1 Å². The molecule has 0 aromatic heterocycles. The number of nitrogens with two attached hydrogens (primary N) is 1. The number of likely N-dealkylation sites (N-methyl/N-ethyl adjacent to an activating group) is 1. The van der Waals surface area contributed by atoms with Crippen molar-refractivity contribution in [1.29, 1.82) is 0 Å². The quantitative estimate of drug-likeness (QED) is 0.254. The monoisotopic (exact) mass is 280 g/mol. The van der Waals surface area contributed by atoms with Crippen molar-refractivity contribution in [3.05, 3.63) is 29.3 Å². The predicted molar refractivity (Wildman–Crippen MR) is 75.9 cm³/mol. The summed E-state index contributed by atoms with van der Waals surface area (Å²) < 4.78 is 5.15. The summed E-state index contributed by atoms with van der Waals surface area (Å²) in [5.41, 5.74) is 6.99. The van der Waals surface area contributed by atoms with Crippen LogP contribution in [0.3, 0.4) is 0 Å². The van der Waals surface area contributed by atoms with Crippen LogP contribution in [0.5, 0.6) is 5.75 Å². The van der Waals surface area contributed by atoms with Crippen molar-refractivity contribution in [3.8, 4) is 5.75 Å². The van der Waals surface area contributed by atoms with E-state index in [1.165, 1.54) is 7.11 Å². The second-order valence-corrected chi connectivity index (χ2v) is 4.24. The van der Waals surface area contributed by atoms with Crippen LogP contribution in [-0.2, 0) is 11.3 Å². The highest BCUT2D eigenvalue weighted by Crippen LogP contribution is 2.19. The molecule has 5 N–H and O–H groups in total. The fourth-order valence-corrected chi connectivity index (χ4v) is 1.70. The van der Waals surface area contributed by atoms with E-state index in [0.29, 0.717) is 17.9 Å². The number of hydrogen-bond acceptors (Lipinski definition) is 5. The van der Waals surface area contributed by atoms with E-state index < -0.39 is 0 Å². The maximum atomic E-state index is 11.4. The van der Waals surface area contributed by atoms with Gasteiger partial charge in [-0.2, -0.15) is 0 Å². The molecule has 1 amide bonds. The number of nitrogens with one attached hydrogen (secondary N) is 2. The van der Waals surface area contributed by atoms with Gasteiger partial charge in [0.15, 0.2) is 5.84 Å². The summed E-state index contributed by atoms with van der Waals surface area (Å²) in [7, 11) is 3.10. The van der Waals surface area contributed by atoms with Gasteiger partial charge >= 0.3 is 0 Å². The fraction of sp³-hybridized carbons (Fsp3) is 0.385. The molecular weight excluding hydrogens is 260 g/mol. The van der Waals surface area contributed by atoms with E-state index in [1.54, 1.807) is 26.1 Å². The minimum Gasteiger partial charge on any atom is -0.496 e. The van der Waals surface area contributed by atoms with Gasteiger partial charge in [-0.15, -0.1) is 0 Å². The second kappa shape index (κ2) is 7.34. The number of hydrogen-bond donors (Lipinski definition) is 4. The number of benzene rings is 1. The number of ether oxygens (including phenoxy) is 1. The van der Waals surface area contributed by atoms with E-state index in [9.17, 15) is 4.79 Å². The maximum absolute atomic E-state index is 11.4. The van der Waals surface area contributed by atoms with E-state index in [-0.39, 0.29) is 17.8 Å². The van der Waals surface area contributed by atoms with E-state index >= 15 is 0 Å². The molecule has 1 unspecified atom stereocenters. The normalized spacial score (nSPS) is 12.8. The molecule has 1 rings (SSSR count). The van der Waals surface area contributed by atoms with E-state index in [0.717, 1.165) is 5.56 Å². The first-order valence-corrected chi connectivity index (χ1v) is 6.13. The van der Waals surface area contributed by atoms with Gasteiger partial charge in [0.2, 0.25) is 5.91 Å². The summed E-state index contributed by atoms with van der Waals surface area (Å²) in [5.74, 6) is 0.404. The molecule has 0 saturated heterocycles. The van der Waals surface area contributed by atoms with Crippen LogP contribution in [-0.4, -0.2) is 37.1 Å². The largest absolute Gasteiger partial charge is 0.496 e. The summed E-state index contributed by atoms with van der Waals surface area (Å²) in [6.45, 7) is 2.25. The molecule has 0 fully saturated rings. The van der Waals surface area contributed by atoms with Crippen LogP contribution in [0, 0.1) is 0 Å². The molecule has 0 heterocycles. The number of carbonyl (C=O) groups excluding carboxylic acids is 1. The summed E-state index contributed by atoms with van der Waals surface area (Å²) in [4.78, 5) is 11.4. The third-order valence-corrected chi connectivity index (χ3v) is 2.90. The van der Waals surface area contributed by atoms with E-state index in [4.69, 9.17) is 15.7 Å². The van der Waals surface area contributed by atoms with Crippen LogP contribution in [0.4, 0.5) is 0 Å². The number of amides is 1. The van der Waals surface area contributed by atoms with Gasteiger partial charge in [0.05, 0.1) is 18.7 Å². The Morgan fingerprint density at radius 2 is 2.25 bits per heavy atom. The number of oxime groups is 1. The fourth-order valence-electron chi connectivity index (χ4n) is 1.70. The molecule has 1 aromatic carbocycles. The van der Waals surface area contributed by atoms with Gasteiger partial charge < -0.3 is 26.3 Å². The Morgan fingerprint density at radius 3 is 2.80 bits per heavy atom. The van der Waals surface area contributed by atoms with Crippen LogP contribution in [0.1, 0.15) is 18.1 Å². The number of nitrogens with zero attached hydrogens (tertiary/aromatic N) is 1. The maximum Gasteiger partial charge on any atom is 0.236 e. The lowest BCUT2D eigenvalue weighted by atomic mass is 10.1. The molecule has 0 aliphatic heterocycles. The topological polar surface area (TPSA) is 109 Å². The van der Waals surface area contributed by atoms with Crippen LogP contribution in [0.15, 0.2) is 23.4 Å². The molecule has 20 heavy (non-hydrogen) atoms. The molecule has 1 atom stereocenters. The summed E-state index contributed by atoms with van der Waals surface area (Å²) in [6.07, 6.45) is 0. The lowest BCUT2D eigenvalue weighted by Gasteiger charge is -2.14.